The van der Waals surface area contributed by atoms with Gasteiger partial charge >= 0.3 is 5.69 Å². The summed E-state index contributed by atoms with van der Waals surface area (Å²) in [5.41, 5.74) is 0.480. The Balaban J connectivity index is 2.57. The zero-order chi connectivity index (χ0) is 9.97. The summed E-state index contributed by atoms with van der Waals surface area (Å²) >= 11 is 0. The number of hydrogen-bond acceptors (Lipinski definition) is 2. The largest absolute Gasteiger partial charge is 0.348 e. The van der Waals surface area contributed by atoms with Gasteiger partial charge in [0.1, 0.15) is 0 Å². The van der Waals surface area contributed by atoms with Crippen LogP contribution in [-0.4, -0.2) is 14.8 Å². The number of aromatic nitrogens is 3. The van der Waals surface area contributed by atoms with Crippen LogP contribution in [-0.2, 0) is 0 Å². The monoisotopic (exact) mass is 187 g/mol. The summed E-state index contributed by atoms with van der Waals surface area (Å²) in [6, 6.07) is 9.22. The van der Waals surface area contributed by atoms with E-state index >= 15 is 0 Å². The molecule has 1 N–H and O–H groups in total. The lowest BCUT2D eigenvalue weighted by Crippen LogP contribution is -2.15. The number of H-pyrrole nitrogens is 1. The van der Waals surface area contributed by atoms with E-state index in [-0.39, 0.29) is 5.69 Å². The molecule has 1 aromatic heterocycles. The molecule has 0 aliphatic rings. The SMILES string of the molecule is C=Cc1nn(-c2ccccc2)c(=O)[nH]1. The predicted molar refractivity (Wildman–Crippen MR) is 54.3 cm³/mol. The summed E-state index contributed by atoms with van der Waals surface area (Å²) < 4.78 is 1.30. The minimum absolute atomic E-state index is 0.258. The van der Waals surface area contributed by atoms with Gasteiger partial charge in [0.25, 0.3) is 0 Å². The maximum Gasteiger partial charge on any atom is 0.348 e. The van der Waals surface area contributed by atoms with Crippen LogP contribution < -0.4 is 5.69 Å². The molecule has 0 atom stereocenters. The van der Waals surface area contributed by atoms with Crippen molar-refractivity contribution < 1.29 is 0 Å². The van der Waals surface area contributed by atoms with Crippen LogP contribution in [0.2, 0.25) is 0 Å². The summed E-state index contributed by atoms with van der Waals surface area (Å²) in [5, 5.41) is 4.03. The minimum atomic E-state index is -0.258. The Bertz CT molecular complexity index is 496. The first kappa shape index (κ1) is 8.50. The Labute approximate surface area is 80.5 Å². The molecule has 0 saturated heterocycles. The maximum absolute atomic E-state index is 11.4. The zero-order valence-corrected chi connectivity index (χ0v) is 7.47. The van der Waals surface area contributed by atoms with Gasteiger partial charge in [-0.05, 0) is 18.2 Å². The number of benzene rings is 1. The van der Waals surface area contributed by atoms with Crippen LogP contribution in [0.1, 0.15) is 5.82 Å². The molecule has 0 amide bonds. The third-order valence-corrected chi connectivity index (χ3v) is 1.83. The highest BCUT2D eigenvalue weighted by atomic mass is 16.1. The molecule has 4 nitrogen and oxygen atoms in total. The smallest absolute Gasteiger partial charge is 0.289 e. The third kappa shape index (κ3) is 1.37. The lowest BCUT2D eigenvalue weighted by Gasteiger charge is -1.96. The molecule has 0 unspecified atom stereocenters. The molecule has 4 heteroatoms. The van der Waals surface area contributed by atoms with E-state index in [1.165, 1.54) is 10.8 Å². The third-order valence-electron chi connectivity index (χ3n) is 1.83. The van der Waals surface area contributed by atoms with E-state index in [2.05, 4.69) is 16.7 Å². The van der Waals surface area contributed by atoms with Crippen molar-refractivity contribution in [2.24, 2.45) is 0 Å². The first-order valence-electron chi connectivity index (χ1n) is 4.18. The standard InChI is InChI=1S/C10H9N3O/c1-2-9-11-10(14)13(12-9)8-6-4-3-5-7-8/h2-7H,1H2,(H,11,12,14). The number of aromatic amines is 1. The maximum atomic E-state index is 11.4. The van der Waals surface area contributed by atoms with Gasteiger partial charge in [0, 0.05) is 0 Å². The van der Waals surface area contributed by atoms with Crippen molar-refractivity contribution in [3.63, 3.8) is 0 Å². The van der Waals surface area contributed by atoms with Gasteiger partial charge in [-0.1, -0.05) is 24.8 Å². The summed E-state index contributed by atoms with van der Waals surface area (Å²) in [5.74, 6) is 0.471. The van der Waals surface area contributed by atoms with Crippen LogP contribution in [0.3, 0.4) is 0 Å². The first-order chi connectivity index (χ1) is 6.81. The fourth-order valence-corrected chi connectivity index (χ4v) is 1.18. The van der Waals surface area contributed by atoms with Gasteiger partial charge in [-0.15, -0.1) is 5.10 Å². The number of hydrogen-bond donors (Lipinski definition) is 1. The van der Waals surface area contributed by atoms with Crippen LogP contribution in [0.5, 0.6) is 0 Å². The second-order valence-corrected chi connectivity index (χ2v) is 2.77. The molecule has 2 rings (SSSR count). The molecule has 14 heavy (non-hydrogen) atoms. The van der Waals surface area contributed by atoms with E-state index in [9.17, 15) is 4.79 Å². The molecule has 2 aromatic rings. The van der Waals surface area contributed by atoms with E-state index in [1.54, 1.807) is 0 Å². The lowest BCUT2D eigenvalue weighted by atomic mass is 10.3. The fraction of sp³-hybridized carbons (Fsp3) is 0. The van der Waals surface area contributed by atoms with Gasteiger partial charge in [-0.2, -0.15) is 4.68 Å². The van der Waals surface area contributed by atoms with Crippen molar-refractivity contribution in [1.29, 1.82) is 0 Å². The molecule has 1 aromatic carbocycles. The Hall–Kier alpha value is -2.10. The van der Waals surface area contributed by atoms with E-state index in [0.29, 0.717) is 5.82 Å². The molecule has 0 aliphatic heterocycles. The van der Waals surface area contributed by atoms with Gasteiger partial charge in [0.05, 0.1) is 5.69 Å². The van der Waals surface area contributed by atoms with Gasteiger partial charge in [-0.3, -0.25) is 4.98 Å². The quantitative estimate of drug-likeness (QED) is 0.768. The van der Waals surface area contributed by atoms with Crippen LogP contribution in [0.15, 0.2) is 41.7 Å². The van der Waals surface area contributed by atoms with Crippen LogP contribution in [0, 0.1) is 0 Å². The molecule has 0 spiro atoms. The molecule has 0 radical (unpaired) electrons. The zero-order valence-electron chi connectivity index (χ0n) is 7.47. The number of nitrogens with one attached hydrogen (secondary N) is 1. The van der Waals surface area contributed by atoms with Crippen LogP contribution in [0.4, 0.5) is 0 Å². The van der Waals surface area contributed by atoms with E-state index in [4.69, 9.17) is 0 Å². The average Bonchev–Trinajstić information content (AvgIpc) is 2.61. The Morgan fingerprint density at radius 3 is 2.64 bits per heavy atom. The fourth-order valence-electron chi connectivity index (χ4n) is 1.18. The van der Waals surface area contributed by atoms with Crippen molar-refractivity contribution >= 4 is 6.08 Å². The van der Waals surface area contributed by atoms with Crippen molar-refractivity contribution in [3.05, 3.63) is 53.2 Å². The number of nitrogens with zero attached hydrogens (tertiary/aromatic N) is 2. The van der Waals surface area contributed by atoms with Crippen molar-refractivity contribution in [3.8, 4) is 5.69 Å². The molecule has 1 heterocycles. The van der Waals surface area contributed by atoms with Gasteiger partial charge < -0.3 is 0 Å². The molecule has 0 fully saturated rings. The molecule has 70 valence electrons. The average molecular weight is 187 g/mol. The summed E-state index contributed by atoms with van der Waals surface area (Å²) in [6.07, 6.45) is 1.50. The van der Waals surface area contributed by atoms with Crippen LogP contribution >= 0.6 is 0 Å². The number of rotatable bonds is 2. The topological polar surface area (TPSA) is 50.7 Å². The second kappa shape index (κ2) is 3.33. The number of para-hydroxylation sites is 1. The molecule has 0 aliphatic carbocycles. The summed E-state index contributed by atoms with van der Waals surface area (Å²) in [4.78, 5) is 14.0. The lowest BCUT2D eigenvalue weighted by molar-refractivity contribution is 0.840. The molecule has 0 bridgehead atoms. The van der Waals surface area contributed by atoms with Gasteiger partial charge in [0.2, 0.25) is 0 Å². The van der Waals surface area contributed by atoms with Gasteiger partial charge in [0.15, 0.2) is 5.82 Å². The highest BCUT2D eigenvalue weighted by Gasteiger charge is 2.02. The Kier molecular flexibility index (Phi) is 2.02. The molecule has 0 saturated carbocycles. The first-order valence-corrected chi connectivity index (χ1v) is 4.18. The summed E-state index contributed by atoms with van der Waals surface area (Å²) in [6.45, 7) is 3.53. The van der Waals surface area contributed by atoms with Crippen molar-refractivity contribution in [1.82, 2.24) is 14.8 Å². The van der Waals surface area contributed by atoms with E-state index in [1.807, 2.05) is 30.3 Å². The Morgan fingerprint density at radius 2 is 2.07 bits per heavy atom. The van der Waals surface area contributed by atoms with Crippen molar-refractivity contribution in [2.45, 2.75) is 0 Å². The van der Waals surface area contributed by atoms with Crippen molar-refractivity contribution in [2.75, 3.05) is 0 Å². The van der Waals surface area contributed by atoms with Gasteiger partial charge in [-0.25, -0.2) is 4.79 Å². The van der Waals surface area contributed by atoms with E-state index < -0.39 is 0 Å². The Morgan fingerprint density at radius 1 is 1.36 bits per heavy atom. The predicted octanol–water partition coefficient (Wildman–Crippen LogP) is 1.20. The van der Waals surface area contributed by atoms with Crippen LogP contribution in [0.25, 0.3) is 11.8 Å². The second-order valence-electron chi connectivity index (χ2n) is 2.77. The normalized spacial score (nSPS) is 10.0. The minimum Gasteiger partial charge on any atom is -0.289 e. The van der Waals surface area contributed by atoms with E-state index in [0.717, 1.165) is 5.69 Å². The summed E-state index contributed by atoms with van der Waals surface area (Å²) in [7, 11) is 0. The highest BCUT2D eigenvalue weighted by Crippen LogP contribution is 2.01. The highest BCUT2D eigenvalue weighted by molar-refractivity contribution is 5.36. The molecular formula is C10H9N3O. The molecular weight excluding hydrogens is 178 g/mol.